The van der Waals surface area contributed by atoms with Crippen LogP contribution in [0.25, 0.3) is 6.08 Å². The lowest BCUT2D eigenvalue weighted by molar-refractivity contribution is -0.121. The summed E-state index contributed by atoms with van der Waals surface area (Å²) >= 11 is 0. The van der Waals surface area contributed by atoms with E-state index in [9.17, 15) is 4.79 Å². The fourth-order valence-electron chi connectivity index (χ4n) is 2.01. The van der Waals surface area contributed by atoms with E-state index in [1.165, 1.54) is 0 Å². The third-order valence-corrected chi connectivity index (χ3v) is 3.13. The third-order valence-electron chi connectivity index (χ3n) is 3.13. The van der Waals surface area contributed by atoms with Crippen molar-refractivity contribution in [2.45, 2.75) is 19.8 Å². The summed E-state index contributed by atoms with van der Waals surface area (Å²) in [4.78, 5) is 11.7. The molecule has 0 atom stereocenters. The van der Waals surface area contributed by atoms with Crippen LogP contribution in [0, 0.1) is 0 Å². The van der Waals surface area contributed by atoms with E-state index < -0.39 is 0 Å². The maximum Gasteiger partial charge on any atom is 0.240 e. The van der Waals surface area contributed by atoms with E-state index >= 15 is 0 Å². The molecular formula is C19H20N2O. The number of hydrogen-bond donors (Lipinski definition) is 1. The Bertz CT molecular complexity index is 646. The van der Waals surface area contributed by atoms with Gasteiger partial charge in [-0.2, -0.15) is 5.10 Å². The van der Waals surface area contributed by atoms with Gasteiger partial charge in [0, 0.05) is 6.42 Å². The molecule has 1 N–H and O–H groups in total. The predicted octanol–water partition coefficient (Wildman–Crippen LogP) is 3.82. The summed E-state index contributed by atoms with van der Waals surface area (Å²) in [5.41, 5.74) is 5.81. The largest absolute Gasteiger partial charge is 0.273 e. The fourth-order valence-corrected chi connectivity index (χ4v) is 2.01. The topological polar surface area (TPSA) is 41.5 Å². The maximum atomic E-state index is 11.7. The van der Waals surface area contributed by atoms with Crippen molar-refractivity contribution in [3.05, 3.63) is 77.4 Å². The first-order valence-corrected chi connectivity index (χ1v) is 7.33. The molecule has 3 nitrogen and oxygen atoms in total. The molecular weight excluding hydrogens is 272 g/mol. The molecule has 0 aromatic heterocycles. The number of rotatable bonds is 6. The van der Waals surface area contributed by atoms with Gasteiger partial charge in [0.25, 0.3) is 0 Å². The van der Waals surface area contributed by atoms with Gasteiger partial charge in [0.15, 0.2) is 0 Å². The number of carbonyl (C=O) groups excluding carboxylic acids is 1. The first-order valence-electron chi connectivity index (χ1n) is 7.33. The minimum absolute atomic E-state index is 0.0763. The van der Waals surface area contributed by atoms with Gasteiger partial charge >= 0.3 is 0 Å². The number of nitrogens with one attached hydrogen (secondary N) is 1. The molecule has 0 unspecified atom stereocenters. The second-order valence-corrected chi connectivity index (χ2v) is 5.08. The van der Waals surface area contributed by atoms with E-state index in [0.717, 1.165) is 23.1 Å². The van der Waals surface area contributed by atoms with Crippen LogP contribution in [-0.4, -0.2) is 12.1 Å². The third kappa shape index (κ3) is 5.75. The van der Waals surface area contributed by atoms with E-state index in [1.807, 2.05) is 73.7 Å². The maximum absolute atomic E-state index is 11.7. The summed E-state index contributed by atoms with van der Waals surface area (Å²) in [6, 6.07) is 20.0. The quantitative estimate of drug-likeness (QED) is 0.638. The van der Waals surface area contributed by atoms with Crippen molar-refractivity contribution >= 4 is 18.2 Å². The highest BCUT2D eigenvalue weighted by Crippen LogP contribution is 2.04. The monoisotopic (exact) mass is 292 g/mol. The number of aryl methyl sites for hydroxylation is 1. The number of allylic oxidation sites excluding steroid dienone is 1. The Labute approximate surface area is 131 Å². The van der Waals surface area contributed by atoms with Crippen LogP contribution < -0.4 is 5.43 Å². The number of amides is 1. The number of nitrogens with zero attached hydrogens (tertiary/aromatic N) is 1. The smallest absolute Gasteiger partial charge is 0.240 e. The molecule has 2 aromatic rings. The first-order chi connectivity index (χ1) is 10.7. The summed E-state index contributed by atoms with van der Waals surface area (Å²) in [7, 11) is 0. The highest BCUT2D eigenvalue weighted by Gasteiger charge is 2.00. The van der Waals surface area contributed by atoms with Gasteiger partial charge in [0.1, 0.15) is 0 Å². The number of hydrogen-bond acceptors (Lipinski definition) is 2. The molecule has 22 heavy (non-hydrogen) atoms. The predicted molar refractivity (Wildman–Crippen MR) is 91.5 cm³/mol. The highest BCUT2D eigenvalue weighted by atomic mass is 16.2. The molecule has 3 heteroatoms. The van der Waals surface area contributed by atoms with Crippen molar-refractivity contribution in [1.29, 1.82) is 0 Å². The highest BCUT2D eigenvalue weighted by molar-refractivity contribution is 5.86. The molecule has 1 amide bonds. The van der Waals surface area contributed by atoms with Crippen molar-refractivity contribution in [1.82, 2.24) is 5.43 Å². The lowest BCUT2D eigenvalue weighted by Gasteiger charge is -2.00. The van der Waals surface area contributed by atoms with Gasteiger partial charge in [-0.1, -0.05) is 66.7 Å². The van der Waals surface area contributed by atoms with Crippen LogP contribution in [0.4, 0.5) is 0 Å². The molecule has 0 fully saturated rings. The van der Waals surface area contributed by atoms with E-state index in [1.54, 1.807) is 6.21 Å². The summed E-state index contributed by atoms with van der Waals surface area (Å²) < 4.78 is 0. The van der Waals surface area contributed by atoms with Crippen LogP contribution in [0.1, 0.15) is 24.5 Å². The minimum atomic E-state index is -0.0763. The van der Waals surface area contributed by atoms with Gasteiger partial charge in [-0.25, -0.2) is 5.43 Å². The lowest BCUT2D eigenvalue weighted by atomic mass is 10.1. The average Bonchev–Trinajstić information content (AvgIpc) is 2.55. The van der Waals surface area contributed by atoms with Crippen molar-refractivity contribution in [2.75, 3.05) is 0 Å². The SMILES string of the molecule is CC(C=NNC(=O)CCc1ccccc1)=Cc1ccccc1. The van der Waals surface area contributed by atoms with Gasteiger partial charge in [-0.05, 0) is 30.0 Å². The van der Waals surface area contributed by atoms with E-state index in [0.29, 0.717) is 6.42 Å². The molecule has 112 valence electrons. The fraction of sp³-hybridized carbons (Fsp3) is 0.158. The van der Waals surface area contributed by atoms with Crippen molar-refractivity contribution in [2.24, 2.45) is 5.10 Å². The summed E-state index contributed by atoms with van der Waals surface area (Å²) in [5, 5.41) is 3.99. The zero-order valence-electron chi connectivity index (χ0n) is 12.7. The standard InChI is InChI=1S/C19H20N2O/c1-16(14-18-10-6-3-7-11-18)15-20-21-19(22)13-12-17-8-4-2-5-9-17/h2-11,14-15H,12-13H2,1H3,(H,21,22). The Morgan fingerprint density at radius 3 is 2.36 bits per heavy atom. The molecule has 0 bridgehead atoms. The van der Waals surface area contributed by atoms with E-state index in [4.69, 9.17) is 0 Å². The molecule has 0 heterocycles. The molecule has 0 spiro atoms. The Balaban J connectivity index is 1.77. The van der Waals surface area contributed by atoms with Crippen molar-refractivity contribution in [3.8, 4) is 0 Å². The average molecular weight is 292 g/mol. The van der Waals surface area contributed by atoms with Gasteiger partial charge < -0.3 is 0 Å². The number of hydrazone groups is 1. The van der Waals surface area contributed by atoms with Crippen LogP contribution in [0.2, 0.25) is 0 Å². The van der Waals surface area contributed by atoms with Gasteiger partial charge in [-0.15, -0.1) is 0 Å². The molecule has 0 radical (unpaired) electrons. The molecule has 0 aliphatic carbocycles. The van der Waals surface area contributed by atoms with Crippen LogP contribution in [-0.2, 0) is 11.2 Å². The van der Waals surface area contributed by atoms with Crippen LogP contribution >= 0.6 is 0 Å². The second-order valence-electron chi connectivity index (χ2n) is 5.08. The Hall–Kier alpha value is -2.68. The first kappa shape index (κ1) is 15.7. The minimum Gasteiger partial charge on any atom is -0.273 e. The van der Waals surface area contributed by atoms with Gasteiger partial charge in [-0.3, -0.25) is 4.79 Å². The van der Waals surface area contributed by atoms with Crippen molar-refractivity contribution < 1.29 is 4.79 Å². The summed E-state index contributed by atoms with van der Waals surface area (Å²) in [6.45, 7) is 1.95. The molecule has 0 saturated heterocycles. The normalized spacial score (nSPS) is 11.6. The lowest BCUT2D eigenvalue weighted by Crippen LogP contribution is -2.17. The van der Waals surface area contributed by atoms with Crippen LogP contribution in [0.15, 0.2) is 71.3 Å². The summed E-state index contributed by atoms with van der Waals surface area (Å²) in [6.07, 6.45) is 4.83. The Morgan fingerprint density at radius 1 is 1.05 bits per heavy atom. The van der Waals surface area contributed by atoms with Gasteiger partial charge in [0.05, 0.1) is 6.21 Å². The van der Waals surface area contributed by atoms with Crippen molar-refractivity contribution in [3.63, 3.8) is 0 Å². The molecule has 0 saturated carbocycles. The second kappa shape index (κ2) is 8.57. The van der Waals surface area contributed by atoms with E-state index in [-0.39, 0.29) is 5.91 Å². The molecule has 2 rings (SSSR count). The Kier molecular flexibility index (Phi) is 6.12. The van der Waals surface area contributed by atoms with Gasteiger partial charge in [0.2, 0.25) is 5.91 Å². The molecule has 2 aromatic carbocycles. The number of carbonyl (C=O) groups is 1. The Morgan fingerprint density at radius 2 is 1.68 bits per heavy atom. The zero-order valence-corrected chi connectivity index (χ0v) is 12.7. The molecule has 0 aliphatic heterocycles. The van der Waals surface area contributed by atoms with Crippen LogP contribution in [0.3, 0.4) is 0 Å². The summed E-state index contributed by atoms with van der Waals surface area (Å²) in [5.74, 6) is -0.0763. The van der Waals surface area contributed by atoms with E-state index in [2.05, 4.69) is 10.5 Å². The number of benzene rings is 2. The molecule has 0 aliphatic rings. The van der Waals surface area contributed by atoms with Crippen LogP contribution in [0.5, 0.6) is 0 Å². The zero-order chi connectivity index (χ0) is 15.6.